The number of aliphatic imine (C=N–C) groups is 1. The molecule has 0 saturated heterocycles. The van der Waals surface area contributed by atoms with Crippen molar-refractivity contribution in [1.29, 1.82) is 0 Å². The fourth-order valence-corrected chi connectivity index (χ4v) is 5.00. The predicted octanol–water partition coefficient (Wildman–Crippen LogP) is 5.80. The second-order valence-electron chi connectivity index (χ2n) is 9.92. The number of ether oxygens (including phenoxy) is 2. The fraction of sp³-hybridized carbons (Fsp3) is 0.333. The minimum atomic E-state index is -1.30. The molecule has 1 amide bonds. The first-order chi connectivity index (χ1) is 19.5. The summed E-state index contributed by atoms with van der Waals surface area (Å²) in [5, 5.41) is 16.0. The summed E-state index contributed by atoms with van der Waals surface area (Å²) in [7, 11) is 0. The van der Waals surface area contributed by atoms with E-state index in [9.17, 15) is 4.79 Å². The molecule has 1 saturated carbocycles. The van der Waals surface area contributed by atoms with Gasteiger partial charge in [0, 0.05) is 40.4 Å². The van der Waals surface area contributed by atoms with Crippen LogP contribution in [0.3, 0.4) is 0 Å². The zero-order valence-corrected chi connectivity index (χ0v) is 23.5. The summed E-state index contributed by atoms with van der Waals surface area (Å²) in [5.74, 6) is 0.846. The first-order valence-corrected chi connectivity index (χ1v) is 14.1. The van der Waals surface area contributed by atoms with Crippen LogP contribution in [-0.4, -0.2) is 41.7 Å². The predicted molar refractivity (Wildman–Crippen MR) is 155 cm³/mol. The van der Waals surface area contributed by atoms with Crippen LogP contribution in [0.2, 0.25) is 0 Å². The summed E-state index contributed by atoms with van der Waals surface area (Å²) < 4.78 is 13.2. The fourth-order valence-electron chi connectivity index (χ4n) is 4.74. The van der Waals surface area contributed by atoms with Crippen molar-refractivity contribution >= 4 is 27.7 Å². The van der Waals surface area contributed by atoms with Gasteiger partial charge in [0.1, 0.15) is 5.75 Å². The van der Waals surface area contributed by atoms with Gasteiger partial charge in [0.2, 0.25) is 5.90 Å². The lowest BCUT2D eigenvalue weighted by atomic mass is 9.81. The second kappa shape index (κ2) is 12.6. The Hall–Kier alpha value is -3.85. The smallest absolute Gasteiger partial charge is 0.252 e. The molecule has 0 aromatic heterocycles. The minimum Gasteiger partial charge on any atom is -0.494 e. The van der Waals surface area contributed by atoms with Gasteiger partial charge in [-0.15, -0.1) is 0 Å². The average molecular weight is 605 g/mol. The maximum Gasteiger partial charge on any atom is 0.252 e. The van der Waals surface area contributed by atoms with E-state index in [1.54, 1.807) is 0 Å². The molecule has 40 heavy (non-hydrogen) atoms. The zero-order valence-electron chi connectivity index (χ0n) is 21.9. The van der Waals surface area contributed by atoms with Crippen molar-refractivity contribution in [3.8, 4) is 5.75 Å². The van der Waals surface area contributed by atoms with Crippen molar-refractivity contribution in [1.82, 2.24) is 5.32 Å². The Bertz CT molecular complexity index is 1420. The van der Waals surface area contributed by atoms with Gasteiger partial charge in [-0.05, 0) is 71.5 Å². The van der Waals surface area contributed by atoms with E-state index >= 15 is 0 Å². The molecule has 1 aliphatic carbocycles. The van der Waals surface area contributed by atoms with Gasteiger partial charge in [0.25, 0.3) is 5.91 Å². The van der Waals surface area contributed by atoms with Crippen LogP contribution in [0.5, 0.6) is 5.75 Å². The van der Waals surface area contributed by atoms with E-state index in [4.69, 9.17) is 25.1 Å². The maximum absolute atomic E-state index is 14.1. The Morgan fingerprint density at radius 1 is 1.12 bits per heavy atom. The van der Waals surface area contributed by atoms with Crippen molar-refractivity contribution in [2.45, 2.75) is 49.9 Å². The van der Waals surface area contributed by atoms with Crippen LogP contribution < -0.4 is 10.1 Å². The van der Waals surface area contributed by atoms with E-state index in [0.29, 0.717) is 24.7 Å². The van der Waals surface area contributed by atoms with Gasteiger partial charge in [0.15, 0.2) is 11.6 Å². The number of aliphatic hydroxyl groups excluding tert-OH is 1. The minimum absolute atomic E-state index is 0.0666. The number of hydrogen-bond acceptors (Lipinski definition) is 6. The Labute approximate surface area is 241 Å². The van der Waals surface area contributed by atoms with Crippen LogP contribution in [0.25, 0.3) is 10.4 Å². The quantitative estimate of drug-likeness (QED) is 0.117. The van der Waals surface area contributed by atoms with Crippen molar-refractivity contribution < 1.29 is 19.4 Å². The Morgan fingerprint density at radius 3 is 2.52 bits per heavy atom. The van der Waals surface area contributed by atoms with Gasteiger partial charge >= 0.3 is 0 Å². The number of carbonyl (C=O) groups excluding carboxylic acids is 1. The summed E-state index contributed by atoms with van der Waals surface area (Å²) in [4.78, 5) is 22.1. The summed E-state index contributed by atoms with van der Waals surface area (Å²) in [5.41, 5.74) is 10.9. The van der Waals surface area contributed by atoms with Crippen LogP contribution >= 0.6 is 15.9 Å². The molecule has 5 rings (SSSR count). The van der Waals surface area contributed by atoms with Gasteiger partial charge in [-0.1, -0.05) is 57.4 Å². The molecule has 3 aromatic rings. The van der Waals surface area contributed by atoms with Crippen molar-refractivity contribution in [2.24, 2.45) is 10.1 Å². The van der Waals surface area contributed by atoms with E-state index in [1.165, 1.54) is 0 Å². The van der Waals surface area contributed by atoms with Crippen LogP contribution in [-0.2, 0) is 22.5 Å². The number of amides is 1. The molecule has 0 radical (unpaired) electrons. The molecule has 206 valence electrons. The highest BCUT2D eigenvalue weighted by Crippen LogP contribution is 2.43. The van der Waals surface area contributed by atoms with E-state index in [2.05, 4.69) is 31.3 Å². The third kappa shape index (κ3) is 6.31. The third-order valence-corrected chi connectivity index (χ3v) is 7.53. The number of nitrogens with zero attached hydrogens (tertiary/aromatic N) is 4. The number of hydrogen-bond donors (Lipinski definition) is 2. The Morgan fingerprint density at radius 2 is 1.85 bits per heavy atom. The van der Waals surface area contributed by atoms with Gasteiger partial charge in [-0.3, -0.25) is 4.79 Å². The zero-order chi connectivity index (χ0) is 28.0. The van der Waals surface area contributed by atoms with Gasteiger partial charge in [-0.2, -0.15) is 0 Å². The molecule has 1 fully saturated rings. The lowest BCUT2D eigenvalue weighted by molar-refractivity contribution is -0.129. The molecule has 0 bridgehead atoms. The highest BCUT2D eigenvalue weighted by molar-refractivity contribution is 9.10. The standard InChI is InChI=1S/C30H30BrN5O4/c31-24-10-6-20(7-11-24)27-30(29(38)34-25-12-13-25,18-22-4-1-2-5-23(22)19-33-36-32)35-28(40-27)21-8-14-26(15-9-21)39-17-3-16-37/h1-2,4-11,14-15,25,27,37H,3,12-13,16-19H2,(H,34,38)/t27-,30-/m1/s1. The third-order valence-electron chi connectivity index (χ3n) is 7.00. The molecule has 10 heteroatoms. The summed E-state index contributed by atoms with van der Waals surface area (Å²) >= 11 is 3.50. The first-order valence-electron chi connectivity index (χ1n) is 13.3. The lowest BCUT2D eigenvalue weighted by Crippen LogP contribution is -2.50. The molecule has 2 atom stereocenters. The first kappa shape index (κ1) is 27.7. The summed E-state index contributed by atoms with van der Waals surface area (Å²) in [6, 6.07) is 22.9. The lowest BCUT2D eigenvalue weighted by Gasteiger charge is -2.31. The molecule has 0 unspecified atom stereocenters. The van der Waals surface area contributed by atoms with Gasteiger partial charge < -0.3 is 19.9 Å². The second-order valence-corrected chi connectivity index (χ2v) is 10.8. The number of rotatable bonds is 12. The number of aliphatic hydroxyl groups is 1. The molecular weight excluding hydrogens is 574 g/mol. The molecule has 2 aliphatic rings. The molecule has 1 aliphatic heterocycles. The topological polar surface area (TPSA) is 129 Å². The number of halogens is 1. The van der Waals surface area contributed by atoms with Gasteiger partial charge in [-0.25, -0.2) is 4.99 Å². The van der Waals surface area contributed by atoms with Crippen LogP contribution in [0.15, 0.2) is 87.4 Å². The van der Waals surface area contributed by atoms with Crippen molar-refractivity contribution in [3.63, 3.8) is 0 Å². The normalized spacial score (nSPS) is 19.8. The average Bonchev–Trinajstić information content (AvgIpc) is 3.71. The molecular formula is C30H30BrN5O4. The highest BCUT2D eigenvalue weighted by Gasteiger charge is 2.54. The Balaban J connectivity index is 1.58. The maximum atomic E-state index is 14.1. The number of carbonyl (C=O) groups is 1. The monoisotopic (exact) mass is 603 g/mol. The number of benzene rings is 3. The summed E-state index contributed by atoms with van der Waals surface area (Å²) in [6.07, 6.45) is 1.99. The summed E-state index contributed by atoms with van der Waals surface area (Å²) in [6.45, 7) is 0.654. The van der Waals surface area contributed by atoms with E-state index in [-0.39, 0.29) is 31.5 Å². The van der Waals surface area contributed by atoms with Crippen LogP contribution in [0, 0.1) is 0 Å². The van der Waals surface area contributed by atoms with Crippen molar-refractivity contribution in [2.75, 3.05) is 13.2 Å². The van der Waals surface area contributed by atoms with Crippen LogP contribution in [0.1, 0.15) is 47.6 Å². The van der Waals surface area contributed by atoms with Crippen molar-refractivity contribution in [3.05, 3.63) is 110 Å². The molecule has 0 spiro atoms. The Kier molecular flexibility index (Phi) is 8.69. The van der Waals surface area contributed by atoms with E-state index in [0.717, 1.165) is 39.6 Å². The molecule has 9 nitrogen and oxygen atoms in total. The SMILES string of the molecule is [N-]=[N+]=NCc1ccccc1C[C@@]1(C(=O)NC2CC2)N=C(c2ccc(OCCCO)cc2)O[C@@H]1c1ccc(Br)cc1. The highest BCUT2D eigenvalue weighted by atomic mass is 79.9. The van der Waals surface area contributed by atoms with E-state index < -0.39 is 11.6 Å². The number of azide groups is 1. The van der Waals surface area contributed by atoms with Gasteiger partial charge in [0.05, 0.1) is 13.2 Å². The molecule has 1 heterocycles. The van der Waals surface area contributed by atoms with Crippen LogP contribution in [0.4, 0.5) is 0 Å². The molecule has 3 aromatic carbocycles. The number of nitrogens with one attached hydrogen (secondary N) is 1. The van der Waals surface area contributed by atoms with E-state index in [1.807, 2.05) is 72.8 Å². The largest absolute Gasteiger partial charge is 0.494 e. The molecule has 2 N–H and O–H groups in total.